The zero-order valence-corrected chi connectivity index (χ0v) is 17.7. The zero-order chi connectivity index (χ0) is 20.1. The van der Waals surface area contributed by atoms with E-state index in [0.29, 0.717) is 5.75 Å². The molecule has 29 heavy (non-hydrogen) atoms. The van der Waals surface area contributed by atoms with Crippen molar-refractivity contribution in [2.75, 3.05) is 5.75 Å². The first-order chi connectivity index (χ1) is 14.3. The van der Waals surface area contributed by atoms with Crippen molar-refractivity contribution in [2.24, 2.45) is 0 Å². The summed E-state index contributed by atoms with van der Waals surface area (Å²) in [6.45, 7) is 3.28. The topological polar surface area (TPSA) is 25.9 Å². The Balaban J connectivity index is 1.51. The first kappa shape index (κ1) is 19.7. The predicted octanol–water partition coefficient (Wildman–Crippen LogP) is 6.09. The van der Waals surface area contributed by atoms with E-state index in [1.54, 1.807) is 16.3 Å². The molecule has 0 spiro atoms. The molecule has 0 amide bonds. The number of aromatic nitrogens is 2. The molecule has 148 valence electrons. The number of carbonyl (C=O) groups excluding carboxylic acids is 1. The quantitative estimate of drug-likeness (QED) is 0.202. The van der Waals surface area contributed by atoms with Crippen molar-refractivity contribution < 1.29 is 9.36 Å². The van der Waals surface area contributed by atoms with E-state index in [1.807, 2.05) is 36.5 Å². The van der Waals surface area contributed by atoms with Gasteiger partial charge < -0.3 is 0 Å². The Bertz CT molecular complexity index is 1130. The van der Waals surface area contributed by atoms with E-state index in [0.717, 1.165) is 22.3 Å². The predicted molar refractivity (Wildman–Crippen MR) is 122 cm³/mol. The van der Waals surface area contributed by atoms with Gasteiger partial charge in [-0.25, -0.2) is 0 Å². The normalized spacial score (nSPS) is 11.3. The SMILES string of the molecule is CCCCCC[n+]1ccc(SCC(=O)n2ccc3ccccc32)c2ccccc21. The molecule has 2 aromatic heterocycles. The van der Waals surface area contributed by atoms with Gasteiger partial charge in [0, 0.05) is 35.0 Å². The monoisotopic (exact) mass is 403 g/mol. The minimum atomic E-state index is 0.108. The number of carbonyl (C=O) groups is 1. The van der Waals surface area contributed by atoms with Crippen molar-refractivity contribution in [3.63, 3.8) is 0 Å². The fourth-order valence-electron chi connectivity index (χ4n) is 3.80. The summed E-state index contributed by atoms with van der Waals surface area (Å²) >= 11 is 1.62. The molecule has 0 bridgehead atoms. The summed E-state index contributed by atoms with van der Waals surface area (Å²) in [6, 6.07) is 20.7. The van der Waals surface area contributed by atoms with Gasteiger partial charge in [0.1, 0.15) is 6.54 Å². The van der Waals surface area contributed by atoms with Crippen LogP contribution >= 0.6 is 11.8 Å². The van der Waals surface area contributed by atoms with Crippen LogP contribution in [0.3, 0.4) is 0 Å². The largest absolute Gasteiger partial charge is 0.287 e. The van der Waals surface area contributed by atoms with Gasteiger partial charge >= 0.3 is 0 Å². The highest BCUT2D eigenvalue weighted by Gasteiger charge is 2.15. The molecule has 2 heterocycles. The van der Waals surface area contributed by atoms with Crippen LogP contribution in [-0.2, 0) is 6.54 Å². The molecule has 0 unspecified atom stereocenters. The van der Waals surface area contributed by atoms with Crippen LogP contribution < -0.4 is 4.57 Å². The highest BCUT2D eigenvalue weighted by Crippen LogP contribution is 2.27. The average Bonchev–Trinajstić information content (AvgIpc) is 3.20. The molecule has 2 aromatic carbocycles. The molecule has 4 aromatic rings. The van der Waals surface area contributed by atoms with Crippen LogP contribution in [-0.4, -0.2) is 16.2 Å². The van der Waals surface area contributed by atoms with E-state index < -0.39 is 0 Å². The van der Waals surface area contributed by atoms with E-state index in [4.69, 9.17) is 0 Å². The van der Waals surface area contributed by atoms with E-state index in [9.17, 15) is 4.79 Å². The second-order valence-electron chi connectivity index (χ2n) is 7.38. The fourth-order valence-corrected chi connectivity index (χ4v) is 4.70. The summed E-state index contributed by atoms with van der Waals surface area (Å²) in [5, 5.41) is 2.32. The van der Waals surface area contributed by atoms with Crippen molar-refractivity contribution in [3.8, 4) is 0 Å². The van der Waals surface area contributed by atoms with Gasteiger partial charge in [0.15, 0.2) is 6.20 Å². The maximum atomic E-state index is 12.8. The second kappa shape index (κ2) is 9.27. The van der Waals surface area contributed by atoms with Gasteiger partial charge in [0.05, 0.1) is 16.7 Å². The lowest BCUT2D eigenvalue weighted by atomic mass is 10.2. The van der Waals surface area contributed by atoms with Crippen LogP contribution in [0.25, 0.3) is 21.8 Å². The van der Waals surface area contributed by atoms with Gasteiger partial charge in [-0.3, -0.25) is 9.36 Å². The molecule has 0 aliphatic carbocycles. The van der Waals surface area contributed by atoms with Crippen molar-refractivity contribution in [2.45, 2.75) is 44.0 Å². The standard InChI is InChI=1S/C25H27N2OS/c1-2-3-4-9-16-26-17-15-24(21-11-6-8-13-23(21)26)29-19-25(28)27-18-14-20-10-5-7-12-22(20)27/h5-8,10-15,17-18H,2-4,9,16,19H2,1H3/q+1. The zero-order valence-electron chi connectivity index (χ0n) is 16.9. The molecule has 0 radical (unpaired) electrons. The van der Waals surface area contributed by atoms with Crippen LogP contribution in [0.5, 0.6) is 0 Å². The molecular formula is C25H27N2OS+. The Labute approximate surface area is 176 Å². The Morgan fingerprint density at radius 3 is 2.69 bits per heavy atom. The highest BCUT2D eigenvalue weighted by molar-refractivity contribution is 8.00. The number of pyridine rings is 1. The van der Waals surface area contributed by atoms with Crippen LogP contribution in [0.4, 0.5) is 0 Å². The van der Waals surface area contributed by atoms with Crippen LogP contribution in [0.15, 0.2) is 78.0 Å². The van der Waals surface area contributed by atoms with Gasteiger partial charge in [-0.2, -0.15) is 4.57 Å². The molecule has 0 saturated carbocycles. The molecule has 4 heteroatoms. The third-order valence-electron chi connectivity index (χ3n) is 5.36. The number of hydrogen-bond donors (Lipinski definition) is 0. The summed E-state index contributed by atoms with van der Waals surface area (Å²) in [5.74, 6) is 0.528. The first-order valence-electron chi connectivity index (χ1n) is 10.4. The summed E-state index contributed by atoms with van der Waals surface area (Å²) in [7, 11) is 0. The van der Waals surface area contributed by atoms with E-state index in [2.05, 4.69) is 48.0 Å². The van der Waals surface area contributed by atoms with Crippen LogP contribution in [0.1, 0.15) is 37.4 Å². The summed E-state index contributed by atoms with van der Waals surface area (Å²) in [4.78, 5) is 14.0. The number of para-hydroxylation sites is 2. The Morgan fingerprint density at radius 2 is 1.79 bits per heavy atom. The van der Waals surface area contributed by atoms with Crippen molar-refractivity contribution in [1.82, 2.24) is 4.57 Å². The lowest BCUT2D eigenvalue weighted by Gasteiger charge is -2.08. The van der Waals surface area contributed by atoms with Crippen molar-refractivity contribution in [3.05, 3.63) is 73.1 Å². The van der Waals surface area contributed by atoms with Gasteiger partial charge in [-0.1, -0.05) is 50.1 Å². The lowest BCUT2D eigenvalue weighted by molar-refractivity contribution is -0.672. The molecular weight excluding hydrogens is 376 g/mol. The van der Waals surface area contributed by atoms with Crippen LogP contribution in [0, 0.1) is 0 Å². The number of hydrogen-bond acceptors (Lipinski definition) is 2. The molecule has 0 fully saturated rings. The molecule has 0 aliphatic heterocycles. The minimum absolute atomic E-state index is 0.108. The Kier molecular flexibility index (Phi) is 6.30. The number of rotatable bonds is 8. The summed E-state index contributed by atoms with van der Waals surface area (Å²) < 4.78 is 4.11. The lowest BCUT2D eigenvalue weighted by Crippen LogP contribution is -2.34. The highest BCUT2D eigenvalue weighted by atomic mass is 32.2. The number of nitrogens with zero attached hydrogens (tertiary/aromatic N) is 2. The minimum Gasteiger partial charge on any atom is -0.287 e. The smallest absolute Gasteiger partial charge is 0.241 e. The maximum Gasteiger partial charge on any atom is 0.241 e. The molecule has 0 N–H and O–H groups in total. The van der Waals surface area contributed by atoms with Gasteiger partial charge in [0.2, 0.25) is 11.4 Å². The third-order valence-corrected chi connectivity index (χ3v) is 6.41. The van der Waals surface area contributed by atoms with E-state index in [-0.39, 0.29) is 5.91 Å². The number of unbranched alkanes of at least 4 members (excludes halogenated alkanes) is 3. The van der Waals surface area contributed by atoms with Crippen molar-refractivity contribution in [1.29, 1.82) is 0 Å². The average molecular weight is 404 g/mol. The second-order valence-corrected chi connectivity index (χ2v) is 8.40. The maximum absolute atomic E-state index is 12.8. The molecule has 0 aliphatic rings. The van der Waals surface area contributed by atoms with Crippen molar-refractivity contribution >= 4 is 39.5 Å². The Morgan fingerprint density at radius 1 is 0.966 bits per heavy atom. The molecule has 0 atom stereocenters. The number of fused-ring (bicyclic) bond motifs is 2. The molecule has 4 rings (SSSR count). The first-order valence-corrected chi connectivity index (χ1v) is 11.4. The summed E-state index contributed by atoms with van der Waals surface area (Å²) in [5.41, 5.74) is 2.22. The van der Waals surface area contributed by atoms with Crippen LogP contribution in [0.2, 0.25) is 0 Å². The van der Waals surface area contributed by atoms with E-state index in [1.165, 1.54) is 36.6 Å². The third kappa shape index (κ3) is 4.38. The van der Waals surface area contributed by atoms with Gasteiger partial charge in [0.25, 0.3) is 0 Å². The number of thioether (sulfide) groups is 1. The fraction of sp³-hybridized carbons (Fsp3) is 0.280. The van der Waals surface area contributed by atoms with Gasteiger partial charge in [-0.15, -0.1) is 11.8 Å². The summed E-state index contributed by atoms with van der Waals surface area (Å²) in [6.07, 6.45) is 9.07. The number of aryl methyl sites for hydroxylation is 1. The molecule has 0 saturated heterocycles. The van der Waals surface area contributed by atoms with Gasteiger partial charge in [-0.05, 0) is 24.6 Å². The van der Waals surface area contributed by atoms with E-state index >= 15 is 0 Å². The number of benzene rings is 2. The molecule has 3 nitrogen and oxygen atoms in total. The Hall–Kier alpha value is -2.59.